The SMILES string of the molecule is O=C(c1ccncc1)N1CCN(c2ccc(=O)[nH]c2)CC1. The van der Waals surface area contributed by atoms with Crippen LogP contribution < -0.4 is 10.5 Å². The summed E-state index contributed by atoms with van der Waals surface area (Å²) in [7, 11) is 0. The Labute approximate surface area is 122 Å². The second-order valence-electron chi connectivity index (χ2n) is 4.93. The Morgan fingerprint density at radius 3 is 2.38 bits per heavy atom. The molecule has 0 atom stereocenters. The highest BCUT2D eigenvalue weighted by Crippen LogP contribution is 2.15. The Morgan fingerprint density at radius 1 is 1.05 bits per heavy atom. The van der Waals surface area contributed by atoms with Crippen molar-refractivity contribution in [3.05, 3.63) is 58.8 Å². The van der Waals surface area contributed by atoms with Crippen LogP contribution in [-0.4, -0.2) is 47.0 Å². The highest BCUT2D eigenvalue weighted by Gasteiger charge is 2.22. The van der Waals surface area contributed by atoms with E-state index >= 15 is 0 Å². The van der Waals surface area contributed by atoms with Gasteiger partial charge in [0.15, 0.2) is 0 Å². The third-order valence-electron chi connectivity index (χ3n) is 3.63. The van der Waals surface area contributed by atoms with Crippen LogP contribution in [0, 0.1) is 0 Å². The van der Waals surface area contributed by atoms with Gasteiger partial charge in [0, 0.05) is 56.4 Å². The van der Waals surface area contributed by atoms with Gasteiger partial charge in [0.2, 0.25) is 5.56 Å². The summed E-state index contributed by atoms with van der Waals surface area (Å²) in [6, 6.07) is 6.79. The van der Waals surface area contributed by atoms with E-state index in [9.17, 15) is 9.59 Å². The molecule has 0 aromatic carbocycles. The minimum Gasteiger partial charge on any atom is -0.367 e. The predicted octanol–water partition coefficient (Wildman–Crippen LogP) is 0.732. The van der Waals surface area contributed by atoms with E-state index in [1.54, 1.807) is 36.8 Å². The second-order valence-corrected chi connectivity index (χ2v) is 4.93. The monoisotopic (exact) mass is 284 g/mol. The third-order valence-corrected chi connectivity index (χ3v) is 3.63. The Morgan fingerprint density at radius 2 is 1.76 bits per heavy atom. The van der Waals surface area contributed by atoms with Crippen molar-refractivity contribution < 1.29 is 4.79 Å². The molecule has 3 rings (SSSR count). The Hall–Kier alpha value is -2.63. The van der Waals surface area contributed by atoms with Crippen molar-refractivity contribution in [2.75, 3.05) is 31.1 Å². The number of piperazine rings is 1. The molecule has 6 heteroatoms. The molecule has 6 nitrogen and oxygen atoms in total. The zero-order valence-electron chi connectivity index (χ0n) is 11.5. The van der Waals surface area contributed by atoms with Gasteiger partial charge in [0.1, 0.15) is 0 Å². The molecule has 21 heavy (non-hydrogen) atoms. The molecule has 108 valence electrons. The lowest BCUT2D eigenvalue weighted by atomic mass is 10.2. The molecule has 2 aromatic heterocycles. The van der Waals surface area contributed by atoms with E-state index < -0.39 is 0 Å². The van der Waals surface area contributed by atoms with Crippen molar-refractivity contribution in [2.45, 2.75) is 0 Å². The van der Waals surface area contributed by atoms with Crippen LogP contribution in [0.4, 0.5) is 5.69 Å². The Balaban J connectivity index is 1.64. The van der Waals surface area contributed by atoms with Crippen LogP contribution in [0.1, 0.15) is 10.4 Å². The maximum atomic E-state index is 12.3. The number of amides is 1. The molecule has 1 amide bonds. The van der Waals surface area contributed by atoms with Crippen LogP contribution >= 0.6 is 0 Å². The first-order chi connectivity index (χ1) is 10.2. The van der Waals surface area contributed by atoms with Gasteiger partial charge in [-0.15, -0.1) is 0 Å². The maximum Gasteiger partial charge on any atom is 0.254 e. The molecular weight excluding hydrogens is 268 g/mol. The number of carbonyl (C=O) groups excluding carboxylic acids is 1. The van der Waals surface area contributed by atoms with Gasteiger partial charge in [-0.2, -0.15) is 0 Å². The van der Waals surface area contributed by atoms with Crippen molar-refractivity contribution in [2.24, 2.45) is 0 Å². The third kappa shape index (κ3) is 2.94. The summed E-state index contributed by atoms with van der Waals surface area (Å²) in [6.07, 6.45) is 4.97. The van der Waals surface area contributed by atoms with Crippen LogP contribution in [0.25, 0.3) is 0 Å². The molecule has 0 saturated carbocycles. The number of aromatic nitrogens is 2. The summed E-state index contributed by atoms with van der Waals surface area (Å²) in [4.78, 5) is 34.0. The topological polar surface area (TPSA) is 69.3 Å². The molecule has 0 radical (unpaired) electrons. The van der Waals surface area contributed by atoms with E-state index in [0.717, 1.165) is 18.8 Å². The van der Waals surface area contributed by atoms with E-state index in [1.807, 2.05) is 4.90 Å². The standard InChI is InChI=1S/C15H16N4O2/c20-14-2-1-13(11-17-14)18-7-9-19(10-8-18)15(21)12-3-5-16-6-4-12/h1-6,11H,7-10H2,(H,17,20). The molecule has 0 aliphatic carbocycles. The van der Waals surface area contributed by atoms with E-state index in [-0.39, 0.29) is 11.5 Å². The van der Waals surface area contributed by atoms with E-state index in [1.165, 1.54) is 6.07 Å². The number of anilines is 1. The van der Waals surface area contributed by atoms with E-state index in [0.29, 0.717) is 18.7 Å². The highest BCUT2D eigenvalue weighted by molar-refractivity contribution is 5.94. The van der Waals surface area contributed by atoms with Gasteiger partial charge in [-0.3, -0.25) is 14.6 Å². The van der Waals surface area contributed by atoms with Gasteiger partial charge in [-0.05, 0) is 18.2 Å². The Kier molecular flexibility index (Phi) is 3.68. The van der Waals surface area contributed by atoms with Gasteiger partial charge in [-0.25, -0.2) is 0 Å². The number of hydrogen-bond acceptors (Lipinski definition) is 4. The second kappa shape index (κ2) is 5.78. The minimum atomic E-state index is -0.106. The molecule has 0 spiro atoms. The van der Waals surface area contributed by atoms with Gasteiger partial charge in [0.05, 0.1) is 5.69 Å². The number of nitrogens with one attached hydrogen (secondary N) is 1. The number of pyridine rings is 2. The quantitative estimate of drug-likeness (QED) is 0.883. The average molecular weight is 284 g/mol. The largest absolute Gasteiger partial charge is 0.367 e. The van der Waals surface area contributed by atoms with E-state index in [2.05, 4.69) is 14.9 Å². The van der Waals surface area contributed by atoms with Gasteiger partial charge < -0.3 is 14.8 Å². The van der Waals surface area contributed by atoms with Crippen LogP contribution in [-0.2, 0) is 0 Å². The number of hydrogen-bond donors (Lipinski definition) is 1. The zero-order valence-corrected chi connectivity index (χ0v) is 11.5. The zero-order chi connectivity index (χ0) is 14.7. The molecule has 1 N–H and O–H groups in total. The van der Waals surface area contributed by atoms with Gasteiger partial charge >= 0.3 is 0 Å². The van der Waals surface area contributed by atoms with Crippen molar-refractivity contribution in [3.63, 3.8) is 0 Å². The van der Waals surface area contributed by atoms with Crippen molar-refractivity contribution >= 4 is 11.6 Å². The molecule has 0 unspecified atom stereocenters. The first-order valence-electron chi connectivity index (χ1n) is 6.87. The molecule has 3 heterocycles. The molecule has 1 aliphatic rings. The smallest absolute Gasteiger partial charge is 0.254 e. The number of H-pyrrole nitrogens is 1. The molecule has 0 bridgehead atoms. The van der Waals surface area contributed by atoms with Crippen molar-refractivity contribution in [1.29, 1.82) is 0 Å². The molecule has 1 aliphatic heterocycles. The maximum absolute atomic E-state index is 12.3. The predicted molar refractivity (Wildman–Crippen MR) is 79.4 cm³/mol. The fourth-order valence-electron chi connectivity index (χ4n) is 2.44. The van der Waals surface area contributed by atoms with Crippen LogP contribution in [0.5, 0.6) is 0 Å². The van der Waals surface area contributed by atoms with Crippen LogP contribution in [0.3, 0.4) is 0 Å². The number of aromatic amines is 1. The summed E-state index contributed by atoms with van der Waals surface area (Å²) in [5.74, 6) is 0.0403. The van der Waals surface area contributed by atoms with Gasteiger partial charge in [-0.1, -0.05) is 0 Å². The number of nitrogens with zero attached hydrogens (tertiary/aromatic N) is 3. The van der Waals surface area contributed by atoms with Crippen molar-refractivity contribution in [1.82, 2.24) is 14.9 Å². The first kappa shape index (κ1) is 13.4. The molecule has 1 saturated heterocycles. The average Bonchev–Trinajstić information content (AvgIpc) is 2.56. The fourth-order valence-corrected chi connectivity index (χ4v) is 2.44. The lowest BCUT2D eigenvalue weighted by Gasteiger charge is -2.36. The van der Waals surface area contributed by atoms with Gasteiger partial charge in [0.25, 0.3) is 5.91 Å². The lowest BCUT2D eigenvalue weighted by Crippen LogP contribution is -2.48. The molecular formula is C15H16N4O2. The minimum absolute atomic E-state index is 0.0403. The molecule has 2 aromatic rings. The van der Waals surface area contributed by atoms with Crippen LogP contribution in [0.2, 0.25) is 0 Å². The summed E-state index contributed by atoms with van der Waals surface area (Å²) < 4.78 is 0. The summed E-state index contributed by atoms with van der Waals surface area (Å²) >= 11 is 0. The van der Waals surface area contributed by atoms with Crippen LogP contribution in [0.15, 0.2) is 47.7 Å². The van der Waals surface area contributed by atoms with E-state index in [4.69, 9.17) is 0 Å². The number of rotatable bonds is 2. The summed E-state index contributed by atoms with van der Waals surface area (Å²) in [5.41, 5.74) is 1.54. The normalized spacial score (nSPS) is 15.0. The lowest BCUT2D eigenvalue weighted by molar-refractivity contribution is 0.0746. The number of carbonyl (C=O) groups is 1. The molecule has 1 fully saturated rings. The summed E-state index contributed by atoms with van der Waals surface area (Å²) in [5, 5.41) is 0. The fraction of sp³-hybridized carbons (Fsp3) is 0.267. The highest BCUT2D eigenvalue weighted by atomic mass is 16.2. The Bertz CT molecular complexity index is 655. The van der Waals surface area contributed by atoms with Crippen molar-refractivity contribution in [3.8, 4) is 0 Å². The first-order valence-corrected chi connectivity index (χ1v) is 6.87. The summed E-state index contributed by atoms with van der Waals surface area (Å²) in [6.45, 7) is 2.84.